The first-order valence-electron chi connectivity index (χ1n) is 9.35. The molecule has 0 atom stereocenters. The second-order valence-electron chi connectivity index (χ2n) is 7.01. The van der Waals surface area contributed by atoms with Gasteiger partial charge in [0.1, 0.15) is 0 Å². The van der Waals surface area contributed by atoms with Gasteiger partial charge >= 0.3 is 0 Å². The van der Waals surface area contributed by atoms with E-state index in [9.17, 15) is 4.79 Å². The van der Waals surface area contributed by atoms with Crippen LogP contribution < -0.4 is 9.47 Å². The predicted octanol–water partition coefficient (Wildman–Crippen LogP) is 2.90. The molecule has 27 heavy (non-hydrogen) atoms. The molecule has 1 amide bonds. The quantitative estimate of drug-likeness (QED) is 0.786. The Hall–Kier alpha value is -2.53. The van der Waals surface area contributed by atoms with E-state index in [0.29, 0.717) is 17.9 Å². The molecular formula is C22H28N2O3. The highest BCUT2D eigenvalue weighted by Gasteiger charge is 2.21. The number of carbonyl (C=O) groups is 1. The van der Waals surface area contributed by atoms with Crippen LogP contribution in [0.2, 0.25) is 0 Å². The second kappa shape index (κ2) is 8.91. The molecule has 2 aromatic carbocycles. The van der Waals surface area contributed by atoms with Crippen molar-refractivity contribution in [1.29, 1.82) is 0 Å². The monoisotopic (exact) mass is 368 g/mol. The third-order valence-electron chi connectivity index (χ3n) is 5.02. The number of hydrogen-bond donors (Lipinski definition) is 0. The molecule has 144 valence electrons. The maximum Gasteiger partial charge on any atom is 0.227 e. The van der Waals surface area contributed by atoms with E-state index >= 15 is 0 Å². The van der Waals surface area contributed by atoms with E-state index in [-0.39, 0.29) is 5.91 Å². The summed E-state index contributed by atoms with van der Waals surface area (Å²) in [5.41, 5.74) is 3.57. The Morgan fingerprint density at radius 2 is 1.67 bits per heavy atom. The van der Waals surface area contributed by atoms with E-state index in [1.165, 1.54) is 11.1 Å². The Kier molecular flexibility index (Phi) is 6.35. The number of hydrogen-bond acceptors (Lipinski definition) is 4. The highest BCUT2D eigenvalue weighted by atomic mass is 16.5. The lowest BCUT2D eigenvalue weighted by atomic mass is 10.1. The van der Waals surface area contributed by atoms with Gasteiger partial charge in [-0.2, -0.15) is 0 Å². The smallest absolute Gasteiger partial charge is 0.227 e. The van der Waals surface area contributed by atoms with Crippen LogP contribution in [-0.2, 0) is 17.8 Å². The molecule has 0 aromatic heterocycles. The molecule has 5 heteroatoms. The molecule has 1 saturated heterocycles. The van der Waals surface area contributed by atoms with E-state index in [2.05, 4.69) is 36.1 Å². The van der Waals surface area contributed by atoms with Crippen LogP contribution in [0, 0.1) is 6.92 Å². The van der Waals surface area contributed by atoms with Crippen LogP contribution in [0.4, 0.5) is 0 Å². The molecular weight excluding hydrogens is 340 g/mol. The predicted molar refractivity (Wildman–Crippen MR) is 106 cm³/mol. The molecule has 1 heterocycles. The van der Waals surface area contributed by atoms with Gasteiger partial charge in [-0.3, -0.25) is 9.69 Å². The Morgan fingerprint density at radius 3 is 2.33 bits per heavy atom. The van der Waals surface area contributed by atoms with Crippen molar-refractivity contribution >= 4 is 5.91 Å². The van der Waals surface area contributed by atoms with Crippen molar-refractivity contribution in [2.75, 3.05) is 40.4 Å². The number of ether oxygens (including phenoxy) is 2. The fourth-order valence-corrected chi connectivity index (χ4v) is 3.50. The lowest BCUT2D eigenvalue weighted by Gasteiger charge is -2.35. The van der Waals surface area contributed by atoms with Crippen molar-refractivity contribution < 1.29 is 14.3 Å². The van der Waals surface area contributed by atoms with Crippen LogP contribution in [0.15, 0.2) is 42.5 Å². The molecule has 1 fully saturated rings. The van der Waals surface area contributed by atoms with E-state index in [1.54, 1.807) is 14.2 Å². The van der Waals surface area contributed by atoms with Gasteiger partial charge in [0.05, 0.1) is 20.6 Å². The summed E-state index contributed by atoms with van der Waals surface area (Å²) in [7, 11) is 3.22. The van der Waals surface area contributed by atoms with Crippen LogP contribution in [0.5, 0.6) is 11.5 Å². The average molecular weight is 368 g/mol. The van der Waals surface area contributed by atoms with Crippen molar-refractivity contribution in [3.63, 3.8) is 0 Å². The SMILES string of the molecule is COc1ccc(CC(=O)N2CCN(Cc3cccc(C)c3)CC2)cc1OC. The number of carbonyl (C=O) groups excluding carboxylic acids is 1. The van der Waals surface area contributed by atoms with Crippen molar-refractivity contribution in [1.82, 2.24) is 9.80 Å². The molecule has 1 aliphatic heterocycles. The number of benzene rings is 2. The lowest BCUT2D eigenvalue weighted by molar-refractivity contribution is -0.132. The van der Waals surface area contributed by atoms with E-state index in [4.69, 9.17) is 9.47 Å². The van der Waals surface area contributed by atoms with E-state index in [1.807, 2.05) is 23.1 Å². The zero-order valence-electron chi connectivity index (χ0n) is 16.4. The molecule has 0 bridgehead atoms. The zero-order valence-corrected chi connectivity index (χ0v) is 16.4. The lowest BCUT2D eigenvalue weighted by Crippen LogP contribution is -2.48. The maximum atomic E-state index is 12.7. The van der Waals surface area contributed by atoms with Crippen molar-refractivity contribution in [2.45, 2.75) is 19.9 Å². The number of piperazine rings is 1. The molecule has 1 aliphatic rings. The van der Waals surface area contributed by atoms with Gasteiger partial charge in [-0.1, -0.05) is 35.9 Å². The fourth-order valence-electron chi connectivity index (χ4n) is 3.50. The first kappa shape index (κ1) is 19.2. The number of rotatable bonds is 6. The third-order valence-corrected chi connectivity index (χ3v) is 5.02. The molecule has 2 aromatic rings. The summed E-state index contributed by atoms with van der Waals surface area (Å²) in [4.78, 5) is 17.0. The molecule has 0 aliphatic carbocycles. The summed E-state index contributed by atoms with van der Waals surface area (Å²) in [6.45, 7) is 6.43. The Balaban J connectivity index is 1.52. The van der Waals surface area contributed by atoms with E-state index < -0.39 is 0 Å². The van der Waals surface area contributed by atoms with Gasteiger partial charge in [0.15, 0.2) is 11.5 Å². The van der Waals surface area contributed by atoms with Crippen LogP contribution >= 0.6 is 0 Å². The Morgan fingerprint density at radius 1 is 0.926 bits per heavy atom. The summed E-state index contributed by atoms with van der Waals surface area (Å²) in [5.74, 6) is 1.50. The van der Waals surface area contributed by atoms with Gasteiger partial charge in [-0.05, 0) is 30.2 Å². The largest absolute Gasteiger partial charge is 0.493 e. The summed E-state index contributed by atoms with van der Waals surface area (Å²) in [6, 6.07) is 14.3. The highest BCUT2D eigenvalue weighted by molar-refractivity contribution is 5.79. The minimum Gasteiger partial charge on any atom is -0.493 e. The normalized spacial score (nSPS) is 14.9. The van der Waals surface area contributed by atoms with Gasteiger partial charge in [0.25, 0.3) is 0 Å². The van der Waals surface area contributed by atoms with Gasteiger partial charge in [-0.15, -0.1) is 0 Å². The zero-order chi connectivity index (χ0) is 19.2. The standard InChI is InChI=1S/C22H28N2O3/c1-17-5-4-6-19(13-17)16-23-9-11-24(12-10-23)22(25)15-18-7-8-20(26-2)21(14-18)27-3/h4-8,13-14H,9-12,15-16H2,1-3H3. The summed E-state index contributed by atoms with van der Waals surface area (Å²) in [5, 5.41) is 0. The highest BCUT2D eigenvalue weighted by Crippen LogP contribution is 2.27. The van der Waals surface area contributed by atoms with Gasteiger partial charge in [-0.25, -0.2) is 0 Å². The molecule has 0 radical (unpaired) electrons. The van der Waals surface area contributed by atoms with Gasteiger partial charge in [0.2, 0.25) is 5.91 Å². The second-order valence-corrected chi connectivity index (χ2v) is 7.01. The fraction of sp³-hybridized carbons (Fsp3) is 0.409. The van der Waals surface area contributed by atoms with E-state index in [0.717, 1.165) is 38.3 Å². The summed E-state index contributed by atoms with van der Waals surface area (Å²) >= 11 is 0. The molecule has 0 spiro atoms. The Labute approximate surface area is 161 Å². The average Bonchev–Trinajstić information content (AvgIpc) is 2.68. The number of amides is 1. The van der Waals surface area contributed by atoms with Gasteiger partial charge < -0.3 is 14.4 Å². The minimum atomic E-state index is 0.164. The Bertz CT molecular complexity index is 783. The molecule has 3 rings (SSSR count). The first-order chi connectivity index (χ1) is 13.1. The first-order valence-corrected chi connectivity index (χ1v) is 9.35. The summed E-state index contributed by atoms with van der Waals surface area (Å²) in [6.07, 6.45) is 0.387. The molecule has 5 nitrogen and oxygen atoms in total. The van der Waals surface area contributed by atoms with Crippen LogP contribution in [0.25, 0.3) is 0 Å². The molecule has 0 unspecified atom stereocenters. The van der Waals surface area contributed by atoms with Crippen molar-refractivity contribution in [2.24, 2.45) is 0 Å². The third kappa shape index (κ3) is 5.01. The topological polar surface area (TPSA) is 42.0 Å². The van der Waals surface area contributed by atoms with Crippen molar-refractivity contribution in [3.8, 4) is 11.5 Å². The maximum absolute atomic E-state index is 12.7. The molecule has 0 saturated carbocycles. The van der Waals surface area contributed by atoms with Crippen LogP contribution in [0.1, 0.15) is 16.7 Å². The minimum absolute atomic E-state index is 0.164. The number of aryl methyl sites for hydroxylation is 1. The molecule has 0 N–H and O–H groups in total. The van der Waals surface area contributed by atoms with Gasteiger partial charge in [0, 0.05) is 32.7 Å². The summed E-state index contributed by atoms with van der Waals surface area (Å²) < 4.78 is 10.6. The van der Waals surface area contributed by atoms with Crippen LogP contribution in [0.3, 0.4) is 0 Å². The van der Waals surface area contributed by atoms with Crippen molar-refractivity contribution in [3.05, 3.63) is 59.2 Å². The number of nitrogens with zero attached hydrogens (tertiary/aromatic N) is 2. The van der Waals surface area contributed by atoms with Crippen LogP contribution in [-0.4, -0.2) is 56.1 Å². The number of methoxy groups -OCH3 is 2.